The van der Waals surface area contributed by atoms with Gasteiger partial charge in [0.15, 0.2) is 5.82 Å². The molecule has 2 atom stereocenters. The lowest BCUT2D eigenvalue weighted by atomic mass is 9.92. The van der Waals surface area contributed by atoms with Crippen molar-refractivity contribution < 1.29 is 14.1 Å². The summed E-state index contributed by atoms with van der Waals surface area (Å²) in [5, 5.41) is 6.58. The third kappa shape index (κ3) is 3.36. The fraction of sp³-hybridized carbons (Fsp3) is 0.450. The molecule has 1 saturated heterocycles. The molecule has 2 amide bonds. The van der Waals surface area contributed by atoms with Crippen LogP contribution < -0.4 is 5.32 Å². The minimum Gasteiger partial charge on any atom is -0.360 e. The Hall–Kier alpha value is -2.63. The second-order valence-corrected chi connectivity index (χ2v) is 7.23. The number of likely N-dealkylation sites (tertiary alicyclic amines) is 1. The van der Waals surface area contributed by atoms with Crippen molar-refractivity contribution >= 4 is 17.6 Å². The zero-order valence-electron chi connectivity index (χ0n) is 14.9. The van der Waals surface area contributed by atoms with Crippen LogP contribution in [0.25, 0.3) is 0 Å². The standard InChI is InChI=1S/C20H23N3O3/c1-13-12-17(22-26-13)21-19(24)16-8-5-11-23(16)20(25)18(15-9-10-15)14-6-3-2-4-7-14/h2-4,6-7,12,15-16,18H,5,8-11H2,1H3,(H,21,22,24). The van der Waals surface area contributed by atoms with Gasteiger partial charge in [0.2, 0.25) is 11.8 Å². The first-order chi connectivity index (χ1) is 12.6. The first-order valence-corrected chi connectivity index (χ1v) is 9.23. The molecule has 2 unspecified atom stereocenters. The molecule has 0 radical (unpaired) electrons. The van der Waals surface area contributed by atoms with Gasteiger partial charge in [0.1, 0.15) is 11.8 Å². The summed E-state index contributed by atoms with van der Waals surface area (Å²) in [5.41, 5.74) is 1.05. The van der Waals surface area contributed by atoms with E-state index in [1.165, 1.54) is 0 Å². The predicted octanol–water partition coefficient (Wildman–Crippen LogP) is 3.11. The minimum atomic E-state index is -0.440. The van der Waals surface area contributed by atoms with Gasteiger partial charge >= 0.3 is 0 Å². The summed E-state index contributed by atoms with van der Waals surface area (Å²) in [6.07, 6.45) is 3.68. The molecule has 2 aromatic rings. The number of amides is 2. The van der Waals surface area contributed by atoms with E-state index in [4.69, 9.17) is 4.52 Å². The Bertz CT molecular complexity index is 798. The van der Waals surface area contributed by atoms with E-state index < -0.39 is 6.04 Å². The molecule has 0 spiro atoms. The van der Waals surface area contributed by atoms with Crippen molar-refractivity contribution in [2.75, 3.05) is 11.9 Å². The second-order valence-electron chi connectivity index (χ2n) is 7.23. The van der Waals surface area contributed by atoms with Crippen molar-refractivity contribution in [1.29, 1.82) is 0 Å². The van der Waals surface area contributed by atoms with Crippen LogP contribution in [0.5, 0.6) is 0 Å². The Morgan fingerprint density at radius 3 is 2.65 bits per heavy atom. The van der Waals surface area contributed by atoms with Crippen molar-refractivity contribution in [3.63, 3.8) is 0 Å². The van der Waals surface area contributed by atoms with Crippen LogP contribution in [0, 0.1) is 12.8 Å². The molecule has 1 aromatic heterocycles. The van der Waals surface area contributed by atoms with Crippen LogP contribution in [-0.2, 0) is 9.59 Å². The maximum atomic E-state index is 13.3. The van der Waals surface area contributed by atoms with Crippen LogP contribution in [-0.4, -0.2) is 34.5 Å². The van der Waals surface area contributed by atoms with Crippen molar-refractivity contribution in [1.82, 2.24) is 10.1 Å². The summed E-state index contributed by atoms with van der Waals surface area (Å²) < 4.78 is 4.99. The number of carbonyl (C=O) groups excluding carboxylic acids is 2. The third-order valence-corrected chi connectivity index (χ3v) is 5.24. The monoisotopic (exact) mass is 353 g/mol. The summed E-state index contributed by atoms with van der Waals surface area (Å²) in [6.45, 7) is 2.40. The number of hydrogen-bond donors (Lipinski definition) is 1. The zero-order chi connectivity index (χ0) is 18.1. The van der Waals surface area contributed by atoms with Crippen molar-refractivity contribution in [3.8, 4) is 0 Å². The van der Waals surface area contributed by atoms with Crippen LogP contribution in [0.1, 0.15) is 42.9 Å². The van der Waals surface area contributed by atoms with Gasteiger partial charge in [-0.2, -0.15) is 0 Å². The van der Waals surface area contributed by atoms with Gasteiger partial charge in [-0.25, -0.2) is 0 Å². The molecular weight excluding hydrogens is 330 g/mol. The highest BCUT2D eigenvalue weighted by Crippen LogP contribution is 2.44. The van der Waals surface area contributed by atoms with Gasteiger partial charge in [-0.05, 0) is 44.1 Å². The normalized spacial score (nSPS) is 20.8. The molecule has 6 nitrogen and oxygen atoms in total. The maximum Gasteiger partial charge on any atom is 0.248 e. The number of nitrogens with one attached hydrogen (secondary N) is 1. The molecule has 6 heteroatoms. The van der Waals surface area contributed by atoms with E-state index in [1.54, 1.807) is 17.9 Å². The largest absolute Gasteiger partial charge is 0.360 e. The summed E-state index contributed by atoms with van der Waals surface area (Å²) in [4.78, 5) is 27.8. The molecule has 1 aromatic carbocycles. The average Bonchev–Trinajstić information content (AvgIpc) is 3.18. The molecule has 1 aliphatic carbocycles. The second kappa shape index (κ2) is 6.94. The minimum absolute atomic E-state index is 0.0766. The summed E-state index contributed by atoms with van der Waals surface area (Å²) in [7, 11) is 0. The molecule has 26 heavy (non-hydrogen) atoms. The van der Waals surface area contributed by atoms with Gasteiger partial charge < -0.3 is 14.7 Å². The van der Waals surface area contributed by atoms with Gasteiger partial charge in [-0.3, -0.25) is 9.59 Å². The van der Waals surface area contributed by atoms with Gasteiger partial charge in [0, 0.05) is 12.6 Å². The quantitative estimate of drug-likeness (QED) is 0.896. The molecule has 136 valence electrons. The van der Waals surface area contributed by atoms with Crippen LogP contribution in [0.15, 0.2) is 40.9 Å². The lowest BCUT2D eigenvalue weighted by molar-refractivity contribution is -0.138. The molecule has 1 saturated carbocycles. The Morgan fingerprint density at radius 2 is 2.00 bits per heavy atom. The number of rotatable bonds is 5. The van der Waals surface area contributed by atoms with E-state index >= 15 is 0 Å². The van der Waals surface area contributed by atoms with E-state index in [-0.39, 0.29) is 17.7 Å². The number of nitrogens with zero attached hydrogens (tertiary/aromatic N) is 2. The van der Waals surface area contributed by atoms with Crippen LogP contribution in [0.4, 0.5) is 5.82 Å². The van der Waals surface area contributed by atoms with Gasteiger partial charge in [-0.1, -0.05) is 35.5 Å². The van der Waals surface area contributed by atoms with Crippen molar-refractivity contribution in [2.45, 2.75) is 44.6 Å². The molecule has 2 fully saturated rings. The molecule has 1 N–H and O–H groups in total. The number of carbonyl (C=O) groups is 2. The Morgan fingerprint density at radius 1 is 1.23 bits per heavy atom. The molecule has 4 rings (SSSR count). The van der Waals surface area contributed by atoms with Gasteiger partial charge in [0.05, 0.1) is 5.92 Å². The van der Waals surface area contributed by atoms with E-state index in [1.807, 2.05) is 30.3 Å². The highest BCUT2D eigenvalue weighted by atomic mass is 16.5. The zero-order valence-corrected chi connectivity index (χ0v) is 14.9. The van der Waals surface area contributed by atoms with E-state index in [0.29, 0.717) is 30.5 Å². The van der Waals surface area contributed by atoms with Gasteiger partial charge in [0.25, 0.3) is 0 Å². The first-order valence-electron chi connectivity index (χ1n) is 9.23. The fourth-order valence-electron chi connectivity index (χ4n) is 3.82. The molecule has 2 aliphatic rings. The summed E-state index contributed by atoms with van der Waals surface area (Å²) in [5.74, 6) is 1.18. The highest BCUT2D eigenvalue weighted by Gasteiger charge is 2.43. The Labute approximate surface area is 152 Å². The summed E-state index contributed by atoms with van der Waals surface area (Å²) in [6, 6.07) is 11.2. The molecule has 1 aliphatic heterocycles. The maximum absolute atomic E-state index is 13.3. The lowest BCUT2D eigenvalue weighted by Crippen LogP contribution is -2.45. The number of hydrogen-bond acceptors (Lipinski definition) is 4. The van der Waals surface area contributed by atoms with Crippen LogP contribution in [0.2, 0.25) is 0 Å². The number of aryl methyl sites for hydroxylation is 1. The molecular formula is C20H23N3O3. The predicted molar refractivity (Wildman–Crippen MR) is 96.5 cm³/mol. The van der Waals surface area contributed by atoms with Gasteiger partial charge in [-0.15, -0.1) is 0 Å². The van der Waals surface area contributed by atoms with E-state index in [9.17, 15) is 9.59 Å². The Kier molecular flexibility index (Phi) is 4.49. The fourth-order valence-corrected chi connectivity index (χ4v) is 3.82. The SMILES string of the molecule is Cc1cc(NC(=O)C2CCCN2C(=O)C(c2ccccc2)C2CC2)no1. The number of anilines is 1. The van der Waals surface area contributed by atoms with Crippen molar-refractivity contribution in [3.05, 3.63) is 47.7 Å². The van der Waals surface area contributed by atoms with Crippen LogP contribution >= 0.6 is 0 Å². The molecule has 0 bridgehead atoms. The lowest BCUT2D eigenvalue weighted by Gasteiger charge is -2.28. The first kappa shape index (κ1) is 16.8. The summed E-state index contributed by atoms with van der Waals surface area (Å²) >= 11 is 0. The van der Waals surface area contributed by atoms with E-state index in [0.717, 1.165) is 24.8 Å². The smallest absolute Gasteiger partial charge is 0.248 e. The molecule has 2 heterocycles. The van der Waals surface area contributed by atoms with E-state index in [2.05, 4.69) is 10.5 Å². The highest BCUT2D eigenvalue weighted by molar-refractivity contribution is 5.98. The topological polar surface area (TPSA) is 75.4 Å². The number of aromatic nitrogens is 1. The van der Waals surface area contributed by atoms with Crippen LogP contribution in [0.3, 0.4) is 0 Å². The number of benzene rings is 1. The Balaban J connectivity index is 1.51. The third-order valence-electron chi connectivity index (χ3n) is 5.24. The van der Waals surface area contributed by atoms with Crippen molar-refractivity contribution in [2.24, 2.45) is 5.92 Å². The average molecular weight is 353 g/mol.